The number of carbonyl (C=O) groups is 2. The van der Waals surface area contributed by atoms with Gasteiger partial charge in [0.15, 0.2) is 0 Å². The molecule has 2 fully saturated rings. The molecule has 2 nitrogen and oxygen atoms in total. The van der Waals surface area contributed by atoms with Crippen LogP contribution >= 0.6 is 0 Å². The largest absolute Gasteiger partial charge is 0.299 e. The van der Waals surface area contributed by atoms with Crippen molar-refractivity contribution in [3.05, 3.63) is 12.2 Å². The van der Waals surface area contributed by atoms with Crippen LogP contribution in [-0.2, 0) is 9.59 Å². The van der Waals surface area contributed by atoms with Gasteiger partial charge in [-0.05, 0) is 24.7 Å². The van der Waals surface area contributed by atoms with Crippen LogP contribution in [-0.4, -0.2) is 11.6 Å². The zero-order valence-electron chi connectivity index (χ0n) is 8.98. The minimum atomic E-state index is 0.0199. The second-order valence-corrected chi connectivity index (χ2v) is 5.18. The summed E-state index contributed by atoms with van der Waals surface area (Å²) in [6.07, 6.45) is 6.70. The molecule has 5 atom stereocenters. The zero-order chi connectivity index (χ0) is 10.6. The smallest absolute Gasteiger partial charge is 0.140 e. The molecule has 0 saturated heterocycles. The lowest BCUT2D eigenvalue weighted by atomic mass is 9.67. The standard InChI is InChI=1S/C13H16O2/c1-2-7-6-10(14)11-8-3-4-9(5-8)12(11)13(7)15/h3-4,7-9,11-12H,2,5-6H2,1H3/t7?,8?,9-,11+,12?/m0/s1. The van der Waals surface area contributed by atoms with Crippen LogP contribution < -0.4 is 0 Å². The lowest BCUT2D eigenvalue weighted by Crippen LogP contribution is -2.42. The number of carbonyl (C=O) groups excluding carboxylic acids is 2. The number of hydrogen-bond donors (Lipinski definition) is 0. The van der Waals surface area contributed by atoms with Gasteiger partial charge in [0.25, 0.3) is 0 Å². The topological polar surface area (TPSA) is 34.1 Å². The van der Waals surface area contributed by atoms with E-state index in [4.69, 9.17) is 0 Å². The lowest BCUT2D eigenvalue weighted by molar-refractivity contribution is -0.142. The minimum absolute atomic E-state index is 0.0199. The first-order valence-electron chi connectivity index (χ1n) is 5.97. The van der Waals surface area contributed by atoms with Crippen LogP contribution in [0.3, 0.4) is 0 Å². The molecule has 15 heavy (non-hydrogen) atoms. The summed E-state index contributed by atoms with van der Waals surface area (Å²) in [4.78, 5) is 24.2. The Kier molecular flexibility index (Phi) is 1.88. The van der Waals surface area contributed by atoms with E-state index < -0.39 is 0 Å². The van der Waals surface area contributed by atoms with E-state index in [0.717, 1.165) is 12.8 Å². The summed E-state index contributed by atoms with van der Waals surface area (Å²) in [5.74, 6) is 1.61. The van der Waals surface area contributed by atoms with Crippen molar-refractivity contribution in [2.75, 3.05) is 0 Å². The van der Waals surface area contributed by atoms with Crippen molar-refractivity contribution in [3.63, 3.8) is 0 Å². The highest BCUT2D eigenvalue weighted by atomic mass is 16.1. The van der Waals surface area contributed by atoms with Gasteiger partial charge >= 0.3 is 0 Å². The van der Waals surface area contributed by atoms with Crippen molar-refractivity contribution in [2.45, 2.75) is 26.2 Å². The number of rotatable bonds is 1. The summed E-state index contributed by atoms with van der Waals surface area (Å²) in [7, 11) is 0. The molecule has 2 heteroatoms. The minimum Gasteiger partial charge on any atom is -0.299 e. The first kappa shape index (κ1) is 9.32. The second kappa shape index (κ2) is 3.03. The average molecular weight is 204 g/mol. The van der Waals surface area contributed by atoms with E-state index in [9.17, 15) is 9.59 Å². The fourth-order valence-corrected chi connectivity index (χ4v) is 3.75. The van der Waals surface area contributed by atoms with Gasteiger partial charge in [0.05, 0.1) is 0 Å². The molecule has 3 unspecified atom stereocenters. The Morgan fingerprint density at radius 3 is 2.53 bits per heavy atom. The maximum Gasteiger partial charge on any atom is 0.140 e. The third-order valence-electron chi connectivity index (χ3n) is 4.50. The fourth-order valence-electron chi connectivity index (χ4n) is 3.75. The molecule has 3 aliphatic rings. The highest BCUT2D eigenvalue weighted by Crippen LogP contribution is 2.52. The molecule has 0 aromatic heterocycles. The molecule has 2 saturated carbocycles. The Hall–Kier alpha value is -0.920. The SMILES string of the molecule is CCC1CC(=O)[C@H]2C3C=C[C@@H](C3)C2C1=O. The van der Waals surface area contributed by atoms with Crippen molar-refractivity contribution < 1.29 is 9.59 Å². The van der Waals surface area contributed by atoms with Crippen LogP contribution in [0.15, 0.2) is 12.2 Å². The van der Waals surface area contributed by atoms with Gasteiger partial charge in [0, 0.05) is 24.2 Å². The molecule has 0 N–H and O–H groups in total. The zero-order valence-corrected chi connectivity index (χ0v) is 8.98. The van der Waals surface area contributed by atoms with Crippen molar-refractivity contribution in [1.82, 2.24) is 0 Å². The van der Waals surface area contributed by atoms with Crippen LogP contribution in [0.1, 0.15) is 26.2 Å². The van der Waals surface area contributed by atoms with E-state index in [1.165, 1.54) is 0 Å². The Morgan fingerprint density at radius 1 is 1.20 bits per heavy atom. The van der Waals surface area contributed by atoms with Crippen LogP contribution in [0, 0.1) is 29.6 Å². The molecule has 0 amide bonds. The molecular formula is C13H16O2. The summed E-state index contributed by atoms with van der Waals surface area (Å²) in [5.41, 5.74) is 0. The highest BCUT2D eigenvalue weighted by molar-refractivity contribution is 5.99. The van der Waals surface area contributed by atoms with Gasteiger partial charge < -0.3 is 0 Å². The van der Waals surface area contributed by atoms with E-state index >= 15 is 0 Å². The van der Waals surface area contributed by atoms with Gasteiger partial charge in [-0.15, -0.1) is 0 Å². The summed E-state index contributed by atoms with van der Waals surface area (Å²) in [5, 5.41) is 0. The van der Waals surface area contributed by atoms with E-state index in [1.54, 1.807) is 0 Å². The lowest BCUT2D eigenvalue weighted by Gasteiger charge is -2.34. The average Bonchev–Trinajstić information content (AvgIpc) is 2.83. The van der Waals surface area contributed by atoms with Gasteiger partial charge in [0.1, 0.15) is 11.6 Å². The van der Waals surface area contributed by atoms with Gasteiger partial charge in [-0.3, -0.25) is 9.59 Å². The summed E-state index contributed by atoms with van der Waals surface area (Å²) in [6, 6.07) is 0. The van der Waals surface area contributed by atoms with Crippen molar-refractivity contribution >= 4 is 11.6 Å². The second-order valence-electron chi connectivity index (χ2n) is 5.18. The van der Waals surface area contributed by atoms with Crippen LogP contribution in [0.5, 0.6) is 0 Å². The van der Waals surface area contributed by atoms with Crippen LogP contribution in [0.4, 0.5) is 0 Å². The predicted octanol–water partition coefficient (Wildman–Crippen LogP) is 1.99. The van der Waals surface area contributed by atoms with Gasteiger partial charge in [0.2, 0.25) is 0 Å². The number of allylic oxidation sites excluding steroid dienone is 2. The van der Waals surface area contributed by atoms with Crippen molar-refractivity contribution in [2.24, 2.45) is 29.6 Å². The molecule has 3 aliphatic carbocycles. The molecular weight excluding hydrogens is 188 g/mol. The third-order valence-corrected chi connectivity index (χ3v) is 4.50. The Morgan fingerprint density at radius 2 is 1.87 bits per heavy atom. The van der Waals surface area contributed by atoms with Crippen molar-refractivity contribution in [3.8, 4) is 0 Å². The molecule has 0 radical (unpaired) electrons. The van der Waals surface area contributed by atoms with E-state index in [0.29, 0.717) is 29.8 Å². The molecule has 0 spiro atoms. The summed E-state index contributed by atoms with van der Waals surface area (Å²) in [6.45, 7) is 2.01. The van der Waals surface area contributed by atoms with Crippen LogP contribution in [0.25, 0.3) is 0 Å². The van der Waals surface area contributed by atoms with E-state index in [2.05, 4.69) is 12.2 Å². The number of ketones is 2. The normalized spacial score (nSPS) is 47.4. The van der Waals surface area contributed by atoms with E-state index in [-0.39, 0.29) is 17.8 Å². The number of Topliss-reactive ketones (excluding diaryl/α,β-unsaturated/α-hetero) is 2. The van der Waals surface area contributed by atoms with E-state index in [1.807, 2.05) is 6.92 Å². The summed E-state index contributed by atoms with van der Waals surface area (Å²) < 4.78 is 0. The first-order valence-corrected chi connectivity index (χ1v) is 5.97. The van der Waals surface area contributed by atoms with Gasteiger partial charge in [-0.25, -0.2) is 0 Å². The molecule has 3 rings (SSSR count). The Labute approximate surface area is 89.7 Å². The molecule has 0 aliphatic heterocycles. The number of fused-ring (bicyclic) bond motifs is 5. The van der Waals surface area contributed by atoms with Crippen molar-refractivity contribution in [1.29, 1.82) is 0 Å². The third kappa shape index (κ3) is 1.11. The molecule has 80 valence electrons. The van der Waals surface area contributed by atoms with Crippen LogP contribution in [0.2, 0.25) is 0 Å². The highest BCUT2D eigenvalue weighted by Gasteiger charge is 2.54. The number of hydrogen-bond acceptors (Lipinski definition) is 2. The molecule has 0 aromatic rings. The summed E-state index contributed by atoms with van der Waals surface area (Å²) >= 11 is 0. The quantitative estimate of drug-likeness (QED) is 0.612. The Bertz CT molecular complexity index is 356. The first-order chi connectivity index (χ1) is 7.22. The molecule has 0 aromatic carbocycles. The van der Waals surface area contributed by atoms with Gasteiger partial charge in [-0.2, -0.15) is 0 Å². The monoisotopic (exact) mass is 204 g/mol. The predicted molar refractivity (Wildman–Crippen MR) is 56.1 cm³/mol. The molecule has 0 heterocycles. The Balaban J connectivity index is 1.97. The maximum atomic E-state index is 12.2. The van der Waals surface area contributed by atoms with Gasteiger partial charge in [-0.1, -0.05) is 19.1 Å². The molecule has 2 bridgehead atoms. The fraction of sp³-hybridized carbons (Fsp3) is 0.692. The maximum absolute atomic E-state index is 12.2.